The molecule has 6 heteroatoms. The summed E-state index contributed by atoms with van der Waals surface area (Å²) in [5.74, 6) is 0.898. The van der Waals surface area contributed by atoms with E-state index in [1.165, 1.54) is 11.3 Å². The van der Waals surface area contributed by atoms with Crippen LogP contribution in [0.25, 0.3) is 0 Å². The first-order valence-corrected chi connectivity index (χ1v) is 8.22. The molecule has 1 amide bonds. The van der Waals surface area contributed by atoms with Gasteiger partial charge in [0.2, 0.25) is 0 Å². The fraction of sp³-hybridized carbons (Fsp3) is 0.375. The van der Waals surface area contributed by atoms with E-state index in [0.29, 0.717) is 11.5 Å². The van der Waals surface area contributed by atoms with E-state index >= 15 is 0 Å². The maximum atomic E-state index is 12.6. The number of rotatable bonds is 5. The second-order valence-electron chi connectivity index (χ2n) is 5.20. The first-order valence-electron chi connectivity index (χ1n) is 7.40. The van der Waals surface area contributed by atoms with E-state index in [9.17, 15) is 4.79 Å². The normalized spacial score (nSPS) is 17.5. The third-order valence-corrected chi connectivity index (χ3v) is 4.76. The van der Waals surface area contributed by atoms with E-state index < -0.39 is 0 Å². The number of para-hydroxylation sites is 1. The molecule has 0 radical (unpaired) electrons. The Hall–Kier alpha value is -2.08. The van der Waals surface area contributed by atoms with Crippen molar-refractivity contribution in [3.63, 3.8) is 0 Å². The van der Waals surface area contributed by atoms with Crippen molar-refractivity contribution in [2.75, 3.05) is 25.5 Å². The van der Waals surface area contributed by atoms with Crippen LogP contribution in [-0.2, 0) is 0 Å². The molecule has 0 unspecified atom stereocenters. The van der Waals surface area contributed by atoms with E-state index in [0.717, 1.165) is 30.3 Å². The van der Waals surface area contributed by atoms with Gasteiger partial charge in [-0.05, 0) is 25.0 Å². The summed E-state index contributed by atoms with van der Waals surface area (Å²) < 4.78 is 5.81. The van der Waals surface area contributed by atoms with Crippen LogP contribution in [0.4, 0.5) is 5.13 Å². The number of thiazole rings is 1. The summed E-state index contributed by atoms with van der Waals surface area (Å²) in [5.41, 5.74) is 0. The lowest BCUT2D eigenvalue weighted by Gasteiger charge is -2.24. The maximum Gasteiger partial charge on any atom is 0.266 e. The summed E-state index contributed by atoms with van der Waals surface area (Å²) in [6.45, 7) is 1.32. The van der Waals surface area contributed by atoms with Gasteiger partial charge in [0.15, 0.2) is 5.13 Å². The van der Waals surface area contributed by atoms with Crippen LogP contribution in [0.1, 0.15) is 22.5 Å². The predicted molar refractivity (Wildman–Crippen MR) is 87.7 cm³/mol. The Labute approximate surface area is 133 Å². The highest BCUT2D eigenvalue weighted by Crippen LogP contribution is 2.25. The van der Waals surface area contributed by atoms with Crippen LogP contribution in [0.15, 0.2) is 36.5 Å². The number of amides is 1. The molecule has 2 heterocycles. The number of hydrogen-bond acceptors (Lipinski definition) is 5. The summed E-state index contributed by atoms with van der Waals surface area (Å²) in [6.07, 6.45) is 3.65. The van der Waals surface area contributed by atoms with Crippen molar-refractivity contribution in [1.82, 2.24) is 9.88 Å². The fourth-order valence-electron chi connectivity index (χ4n) is 2.62. The Kier molecular flexibility index (Phi) is 4.58. The molecule has 0 bridgehead atoms. The summed E-state index contributed by atoms with van der Waals surface area (Å²) >= 11 is 1.39. The molecule has 1 N–H and O–H groups in total. The first kappa shape index (κ1) is 14.8. The van der Waals surface area contributed by atoms with Crippen molar-refractivity contribution >= 4 is 22.4 Å². The second kappa shape index (κ2) is 6.79. The number of benzene rings is 1. The summed E-state index contributed by atoms with van der Waals surface area (Å²) in [7, 11) is 1.81. The smallest absolute Gasteiger partial charge is 0.266 e. The fourth-order valence-corrected chi connectivity index (χ4v) is 3.34. The largest absolute Gasteiger partial charge is 0.491 e. The van der Waals surface area contributed by atoms with Crippen LogP contribution in [0.3, 0.4) is 0 Å². The number of hydrogen-bond donors (Lipinski definition) is 1. The highest BCUT2D eigenvalue weighted by molar-refractivity contribution is 7.17. The SMILES string of the molecule is CNc1ncc(C(=O)N2CCC[C@H]2COc2ccccc2)s1. The maximum absolute atomic E-state index is 12.6. The molecule has 1 aliphatic rings. The third kappa shape index (κ3) is 3.22. The van der Waals surface area contributed by atoms with Crippen molar-refractivity contribution in [2.24, 2.45) is 0 Å². The molecule has 2 aromatic rings. The Bertz CT molecular complexity index is 629. The molecule has 0 spiro atoms. The van der Waals surface area contributed by atoms with Crippen LogP contribution in [-0.4, -0.2) is 42.0 Å². The highest BCUT2D eigenvalue weighted by atomic mass is 32.1. The van der Waals surface area contributed by atoms with Crippen LogP contribution in [0.5, 0.6) is 5.75 Å². The number of nitrogens with zero attached hydrogens (tertiary/aromatic N) is 2. The quantitative estimate of drug-likeness (QED) is 0.921. The first-order chi connectivity index (χ1) is 10.8. The number of aromatic nitrogens is 1. The molecule has 1 atom stereocenters. The van der Waals surface area contributed by atoms with Crippen LogP contribution < -0.4 is 10.1 Å². The van der Waals surface area contributed by atoms with Crippen LogP contribution in [0.2, 0.25) is 0 Å². The van der Waals surface area contributed by atoms with E-state index in [1.807, 2.05) is 35.2 Å². The minimum atomic E-state index is 0.0539. The third-order valence-electron chi connectivity index (χ3n) is 3.75. The molecule has 1 fully saturated rings. The van der Waals surface area contributed by atoms with Gasteiger partial charge in [-0.15, -0.1) is 0 Å². The molecule has 0 aliphatic carbocycles. The minimum absolute atomic E-state index is 0.0539. The predicted octanol–water partition coefficient (Wildman–Crippen LogP) is 2.87. The number of carbonyl (C=O) groups excluding carboxylic acids is 1. The number of likely N-dealkylation sites (tertiary alicyclic amines) is 1. The molecule has 22 heavy (non-hydrogen) atoms. The zero-order valence-electron chi connectivity index (χ0n) is 12.5. The number of carbonyl (C=O) groups is 1. The molecule has 3 rings (SSSR count). The van der Waals surface area contributed by atoms with Gasteiger partial charge in [0.05, 0.1) is 12.2 Å². The Morgan fingerprint density at radius 2 is 2.27 bits per heavy atom. The second-order valence-corrected chi connectivity index (χ2v) is 6.23. The van der Waals surface area contributed by atoms with Gasteiger partial charge in [-0.25, -0.2) is 4.98 Å². The lowest BCUT2D eigenvalue weighted by atomic mass is 10.2. The average molecular weight is 317 g/mol. The summed E-state index contributed by atoms with van der Waals surface area (Å²) in [6, 6.07) is 9.86. The van der Waals surface area contributed by atoms with E-state index in [-0.39, 0.29) is 11.9 Å². The van der Waals surface area contributed by atoms with Crippen LogP contribution >= 0.6 is 11.3 Å². The van der Waals surface area contributed by atoms with Gasteiger partial charge in [-0.1, -0.05) is 29.5 Å². The molecule has 1 aliphatic heterocycles. The van der Waals surface area contributed by atoms with Crippen molar-refractivity contribution in [2.45, 2.75) is 18.9 Å². The van der Waals surface area contributed by atoms with Gasteiger partial charge >= 0.3 is 0 Å². The van der Waals surface area contributed by atoms with E-state index in [2.05, 4.69) is 10.3 Å². The Morgan fingerprint density at radius 3 is 3.00 bits per heavy atom. The van der Waals surface area contributed by atoms with E-state index in [4.69, 9.17) is 4.74 Å². The molecule has 1 saturated heterocycles. The van der Waals surface area contributed by atoms with Gasteiger partial charge < -0.3 is 15.0 Å². The molecule has 1 aromatic heterocycles. The van der Waals surface area contributed by atoms with Gasteiger partial charge in [0, 0.05) is 13.6 Å². The van der Waals surface area contributed by atoms with Gasteiger partial charge in [0.25, 0.3) is 5.91 Å². The monoisotopic (exact) mass is 317 g/mol. The van der Waals surface area contributed by atoms with E-state index in [1.54, 1.807) is 13.2 Å². The number of ether oxygens (including phenoxy) is 1. The zero-order chi connectivity index (χ0) is 15.4. The van der Waals surface area contributed by atoms with Crippen molar-refractivity contribution in [1.29, 1.82) is 0 Å². The summed E-state index contributed by atoms with van der Waals surface area (Å²) in [4.78, 5) is 19.4. The molecular formula is C16H19N3O2S. The van der Waals surface area contributed by atoms with Crippen molar-refractivity contribution < 1.29 is 9.53 Å². The van der Waals surface area contributed by atoms with Gasteiger partial charge in [0.1, 0.15) is 17.2 Å². The van der Waals surface area contributed by atoms with Crippen molar-refractivity contribution in [3.8, 4) is 5.75 Å². The minimum Gasteiger partial charge on any atom is -0.491 e. The number of anilines is 1. The summed E-state index contributed by atoms with van der Waals surface area (Å²) in [5, 5.41) is 3.73. The standard InChI is InChI=1S/C16H19N3O2S/c1-17-16-18-10-14(22-16)15(20)19-9-5-6-12(19)11-21-13-7-3-2-4-8-13/h2-4,7-8,10,12H,5-6,9,11H2,1H3,(H,17,18)/t12-/m0/s1. The molecule has 116 valence electrons. The topological polar surface area (TPSA) is 54.5 Å². The lowest BCUT2D eigenvalue weighted by Crippen LogP contribution is -2.38. The number of nitrogens with one attached hydrogen (secondary N) is 1. The highest BCUT2D eigenvalue weighted by Gasteiger charge is 2.30. The molecule has 1 aromatic carbocycles. The average Bonchev–Trinajstić information content (AvgIpc) is 3.22. The Morgan fingerprint density at radius 1 is 1.45 bits per heavy atom. The Balaban J connectivity index is 1.63. The van der Waals surface area contributed by atoms with Crippen molar-refractivity contribution in [3.05, 3.63) is 41.4 Å². The van der Waals surface area contributed by atoms with Crippen LogP contribution in [0, 0.1) is 0 Å². The zero-order valence-corrected chi connectivity index (χ0v) is 13.3. The van der Waals surface area contributed by atoms with Gasteiger partial charge in [-0.2, -0.15) is 0 Å². The molecule has 5 nitrogen and oxygen atoms in total. The lowest BCUT2D eigenvalue weighted by molar-refractivity contribution is 0.0696. The van der Waals surface area contributed by atoms with Gasteiger partial charge in [-0.3, -0.25) is 4.79 Å². The molecular weight excluding hydrogens is 298 g/mol. The molecule has 0 saturated carbocycles.